The molecule has 0 bridgehead atoms. The Balaban J connectivity index is 2.16. The van der Waals surface area contributed by atoms with Gasteiger partial charge in [0.1, 0.15) is 11.6 Å². The Kier molecular flexibility index (Phi) is 6.75. The molecule has 0 spiro atoms. The molecule has 4 nitrogen and oxygen atoms in total. The largest absolute Gasteiger partial charge is 0.422 e. The summed E-state index contributed by atoms with van der Waals surface area (Å²) in [6, 6.07) is 18.8. The Morgan fingerprint density at radius 3 is 2.35 bits per heavy atom. The van der Waals surface area contributed by atoms with Crippen LogP contribution in [0.2, 0.25) is 0 Å². The summed E-state index contributed by atoms with van der Waals surface area (Å²) in [5.41, 5.74) is 0.903. The van der Waals surface area contributed by atoms with Crippen molar-refractivity contribution in [3.8, 4) is 5.75 Å². The van der Waals surface area contributed by atoms with Crippen molar-refractivity contribution in [2.75, 3.05) is 11.1 Å². The quantitative estimate of drug-likeness (QED) is 0.387. The highest BCUT2D eigenvalue weighted by molar-refractivity contribution is 8.56. The van der Waals surface area contributed by atoms with Gasteiger partial charge in [-0.1, -0.05) is 43.3 Å². The Morgan fingerprint density at radius 1 is 1.13 bits per heavy atom. The van der Waals surface area contributed by atoms with Crippen LogP contribution in [0.5, 0.6) is 5.75 Å². The number of benzene rings is 2. The van der Waals surface area contributed by atoms with Crippen LogP contribution in [-0.4, -0.2) is 11.6 Å². The zero-order valence-electron chi connectivity index (χ0n) is 13.3. The summed E-state index contributed by atoms with van der Waals surface area (Å²) in [6.45, 7) is 0.624. The van der Waals surface area contributed by atoms with E-state index in [9.17, 15) is 4.57 Å². The number of nitrogens with one attached hydrogen (secondary N) is 1. The van der Waals surface area contributed by atoms with Crippen molar-refractivity contribution in [3.05, 3.63) is 60.7 Å². The van der Waals surface area contributed by atoms with Gasteiger partial charge in [0.05, 0.1) is 0 Å². The first-order valence-corrected chi connectivity index (χ1v) is 10.7. The molecule has 0 fully saturated rings. The van der Waals surface area contributed by atoms with Gasteiger partial charge in [-0.05, 0) is 49.0 Å². The molecule has 6 heteroatoms. The van der Waals surface area contributed by atoms with Crippen LogP contribution in [0.1, 0.15) is 20.3 Å². The first-order chi connectivity index (χ1) is 11.1. The SMILES string of the molecule is CCCSP(=O)(N=C(C)Nc1ccccc1)Oc1ccccc1. The number of rotatable bonds is 7. The van der Waals surface area contributed by atoms with Gasteiger partial charge < -0.3 is 9.84 Å². The number of hydrogen-bond donors (Lipinski definition) is 1. The van der Waals surface area contributed by atoms with Crippen LogP contribution >= 0.6 is 18.1 Å². The minimum atomic E-state index is -3.21. The highest BCUT2D eigenvalue weighted by Crippen LogP contribution is 2.60. The fraction of sp³-hybridized carbons (Fsp3) is 0.235. The fourth-order valence-electron chi connectivity index (χ4n) is 1.84. The van der Waals surface area contributed by atoms with Gasteiger partial charge in [-0.3, -0.25) is 0 Å². The number of anilines is 1. The minimum Gasteiger partial charge on any atom is -0.421 e. The first-order valence-electron chi connectivity index (χ1n) is 7.49. The third-order valence-electron chi connectivity index (χ3n) is 2.79. The van der Waals surface area contributed by atoms with Gasteiger partial charge in [0.2, 0.25) is 0 Å². The monoisotopic (exact) mass is 348 g/mol. The molecule has 0 aliphatic rings. The van der Waals surface area contributed by atoms with Crippen molar-refractivity contribution in [3.63, 3.8) is 0 Å². The van der Waals surface area contributed by atoms with E-state index in [1.807, 2.05) is 55.5 Å². The topological polar surface area (TPSA) is 50.7 Å². The summed E-state index contributed by atoms with van der Waals surface area (Å²) in [5, 5.41) is 3.14. The molecule has 0 aliphatic carbocycles. The summed E-state index contributed by atoms with van der Waals surface area (Å²) in [4.78, 5) is 0. The number of nitrogens with zero attached hydrogens (tertiary/aromatic N) is 1. The summed E-state index contributed by atoms with van der Waals surface area (Å²) >= 11 is 1.26. The molecule has 0 radical (unpaired) electrons. The molecule has 0 heterocycles. The van der Waals surface area contributed by atoms with Crippen LogP contribution in [0.15, 0.2) is 65.4 Å². The van der Waals surface area contributed by atoms with Crippen LogP contribution in [0.3, 0.4) is 0 Å². The fourth-order valence-corrected chi connectivity index (χ4v) is 5.40. The number of para-hydroxylation sites is 2. The van der Waals surface area contributed by atoms with Crippen LogP contribution in [-0.2, 0) is 4.57 Å². The van der Waals surface area contributed by atoms with E-state index in [4.69, 9.17) is 4.52 Å². The van der Waals surface area contributed by atoms with Crippen molar-refractivity contribution in [1.82, 2.24) is 0 Å². The molecular formula is C17H21N2O2PS. The van der Waals surface area contributed by atoms with Crippen LogP contribution in [0, 0.1) is 0 Å². The zero-order valence-corrected chi connectivity index (χ0v) is 15.0. The minimum absolute atomic E-state index is 0.565. The van der Waals surface area contributed by atoms with Gasteiger partial charge in [-0.15, -0.1) is 0 Å². The Labute approximate surface area is 141 Å². The van der Waals surface area contributed by atoms with E-state index >= 15 is 0 Å². The Bertz CT molecular complexity index is 678. The van der Waals surface area contributed by atoms with Crippen LogP contribution < -0.4 is 9.84 Å². The average molecular weight is 348 g/mol. The van der Waals surface area contributed by atoms with Crippen LogP contribution in [0.25, 0.3) is 0 Å². The smallest absolute Gasteiger partial charge is 0.421 e. The molecular weight excluding hydrogens is 327 g/mol. The molecule has 0 saturated carbocycles. The van der Waals surface area contributed by atoms with E-state index in [1.165, 1.54) is 11.4 Å². The van der Waals surface area contributed by atoms with E-state index in [0.717, 1.165) is 17.9 Å². The molecule has 23 heavy (non-hydrogen) atoms. The van der Waals surface area contributed by atoms with Crippen molar-refractivity contribution in [1.29, 1.82) is 0 Å². The third kappa shape index (κ3) is 6.12. The van der Waals surface area contributed by atoms with Crippen molar-refractivity contribution in [2.45, 2.75) is 20.3 Å². The molecule has 1 atom stereocenters. The summed E-state index contributed by atoms with van der Waals surface area (Å²) in [7, 11) is 0. The normalized spacial score (nSPS) is 14.1. The van der Waals surface area contributed by atoms with Crippen LogP contribution in [0.4, 0.5) is 5.69 Å². The van der Waals surface area contributed by atoms with E-state index < -0.39 is 6.72 Å². The lowest BCUT2D eigenvalue weighted by Gasteiger charge is -2.15. The van der Waals surface area contributed by atoms with Gasteiger partial charge in [0.25, 0.3) is 0 Å². The first kappa shape index (κ1) is 17.6. The molecule has 0 amide bonds. The van der Waals surface area contributed by atoms with Crippen molar-refractivity contribution in [2.24, 2.45) is 4.76 Å². The molecule has 2 rings (SSSR count). The maximum Gasteiger partial charge on any atom is 0.422 e. The summed E-state index contributed by atoms with van der Waals surface area (Å²) < 4.78 is 23.1. The van der Waals surface area contributed by atoms with Gasteiger partial charge in [-0.25, -0.2) is 4.57 Å². The molecule has 0 saturated heterocycles. The maximum absolute atomic E-state index is 13.1. The second kappa shape index (κ2) is 8.80. The van der Waals surface area contributed by atoms with Gasteiger partial charge in [-0.2, -0.15) is 4.76 Å². The standard InChI is InChI=1S/C17H21N2O2PS/c1-3-14-23-22(20,21-17-12-8-5-9-13-17)19-15(2)18-16-10-6-4-7-11-16/h4-13H,3,14H2,1-2H3,(H,18,19,20). The van der Waals surface area contributed by atoms with E-state index in [0.29, 0.717) is 11.6 Å². The van der Waals surface area contributed by atoms with Gasteiger partial charge in [0.15, 0.2) is 0 Å². The van der Waals surface area contributed by atoms with Gasteiger partial charge >= 0.3 is 6.72 Å². The zero-order chi connectivity index (χ0) is 16.5. The lowest BCUT2D eigenvalue weighted by molar-refractivity contribution is 0.501. The summed E-state index contributed by atoms with van der Waals surface area (Å²) in [5.74, 6) is 1.86. The Morgan fingerprint density at radius 2 is 1.74 bits per heavy atom. The number of amidine groups is 1. The second-order valence-corrected chi connectivity index (χ2v) is 9.03. The molecule has 1 N–H and O–H groups in total. The highest BCUT2D eigenvalue weighted by Gasteiger charge is 2.25. The highest BCUT2D eigenvalue weighted by atomic mass is 32.7. The molecule has 2 aromatic rings. The lowest BCUT2D eigenvalue weighted by atomic mass is 10.3. The molecule has 122 valence electrons. The molecule has 0 aliphatic heterocycles. The predicted molar refractivity (Wildman–Crippen MR) is 101 cm³/mol. The maximum atomic E-state index is 13.1. The molecule has 0 aromatic heterocycles. The van der Waals surface area contributed by atoms with Crippen molar-refractivity contribution >= 4 is 29.6 Å². The summed E-state index contributed by atoms with van der Waals surface area (Å²) in [6.07, 6.45) is 0.910. The van der Waals surface area contributed by atoms with E-state index in [2.05, 4.69) is 10.1 Å². The van der Waals surface area contributed by atoms with Gasteiger partial charge in [0, 0.05) is 11.4 Å². The molecule has 1 unspecified atom stereocenters. The lowest BCUT2D eigenvalue weighted by Crippen LogP contribution is -2.07. The third-order valence-corrected chi connectivity index (χ3v) is 6.69. The van der Waals surface area contributed by atoms with Crippen molar-refractivity contribution < 1.29 is 9.09 Å². The van der Waals surface area contributed by atoms with E-state index in [1.54, 1.807) is 19.1 Å². The molecule has 2 aromatic carbocycles. The predicted octanol–water partition coefficient (Wildman–Crippen LogP) is 5.85. The Hall–Kier alpha value is -1.71. The average Bonchev–Trinajstić information content (AvgIpc) is 2.54. The number of hydrogen-bond acceptors (Lipinski definition) is 3. The second-order valence-electron chi connectivity index (χ2n) is 4.88. The van der Waals surface area contributed by atoms with E-state index in [-0.39, 0.29) is 0 Å².